The Morgan fingerprint density at radius 3 is 2.88 bits per heavy atom. The average molecular weight is 307 g/mol. The summed E-state index contributed by atoms with van der Waals surface area (Å²) in [6.45, 7) is -0.355. The zero-order chi connectivity index (χ0) is 12.6. The normalized spacial score (nSPS) is 32.9. The highest BCUT2D eigenvalue weighted by Crippen LogP contribution is 2.39. The van der Waals surface area contributed by atoms with Gasteiger partial charge in [-0.25, -0.2) is 4.79 Å². The topological polar surface area (TPSA) is 105 Å². The second kappa shape index (κ2) is 4.37. The highest BCUT2D eigenvalue weighted by Gasteiger charge is 2.46. The van der Waals surface area contributed by atoms with Gasteiger partial charge in [0.1, 0.15) is 6.10 Å². The second-order valence-electron chi connectivity index (χ2n) is 3.78. The third kappa shape index (κ3) is 2.21. The third-order valence-electron chi connectivity index (χ3n) is 2.59. The van der Waals surface area contributed by atoms with Crippen molar-refractivity contribution in [2.75, 3.05) is 6.61 Å². The van der Waals surface area contributed by atoms with E-state index in [-0.39, 0.29) is 13.0 Å². The van der Waals surface area contributed by atoms with E-state index in [0.29, 0.717) is 0 Å². The minimum Gasteiger partial charge on any atom is -0.394 e. The monoisotopic (exact) mass is 306 g/mol. The molecule has 1 fully saturated rings. The fourth-order valence-corrected chi connectivity index (χ4v) is 2.59. The molecule has 1 aromatic rings. The Labute approximate surface area is 104 Å². The molecule has 8 heteroatoms. The van der Waals surface area contributed by atoms with E-state index in [4.69, 9.17) is 9.84 Å². The zero-order valence-electron chi connectivity index (χ0n) is 8.67. The predicted octanol–water partition coefficient (Wildman–Crippen LogP) is -1.32. The van der Waals surface area contributed by atoms with Crippen molar-refractivity contribution in [1.82, 2.24) is 9.55 Å². The lowest BCUT2D eigenvalue weighted by molar-refractivity contribution is -0.0608. The first-order valence-corrected chi connectivity index (χ1v) is 5.74. The summed E-state index contributed by atoms with van der Waals surface area (Å²) in [5.74, 6) is 0. The lowest BCUT2D eigenvalue weighted by Crippen LogP contribution is -2.40. The van der Waals surface area contributed by atoms with Crippen LogP contribution in [0.2, 0.25) is 0 Å². The molecule has 0 bridgehead atoms. The van der Waals surface area contributed by atoms with Crippen molar-refractivity contribution >= 4 is 15.9 Å². The van der Waals surface area contributed by atoms with Gasteiger partial charge in [0, 0.05) is 18.7 Å². The van der Waals surface area contributed by atoms with Crippen LogP contribution in [0.15, 0.2) is 21.9 Å². The Morgan fingerprint density at radius 1 is 1.65 bits per heavy atom. The van der Waals surface area contributed by atoms with Gasteiger partial charge < -0.3 is 14.9 Å². The van der Waals surface area contributed by atoms with Gasteiger partial charge in [0.25, 0.3) is 5.56 Å². The molecule has 0 amide bonds. The van der Waals surface area contributed by atoms with Crippen molar-refractivity contribution < 1.29 is 14.9 Å². The molecule has 1 aromatic heterocycles. The smallest absolute Gasteiger partial charge is 0.331 e. The number of ether oxygens (including phenoxy) is 1. The summed E-state index contributed by atoms with van der Waals surface area (Å²) in [5, 5.41) is 18.6. The highest BCUT2D eigenvalue weighted by atomic mass is 79.9. The molecular formula is C9H11BrN2O5. The van der Waals surface area contributed by atoms with Crippen molar-refractivity contribution in [3.05, 3.63) is 33.1 Å². The number of H-pyrrole nitrogens is 1. The predicted molar refractivity (Wildman–Crippen MR) is 60.8 cm³/mol. The summed E-state index contributed by atoms with van der Waals surface area (Å²) in [6.07, 6.45) is -0.307. The number of alkyl halides is 1. The summed E-state index contributed by atoms with van der Waals surface area (Å²) in [6, 6.07) is 1.17. The first-order valence-electron chi connectivity index (χ1n) is 4.94. The molecule has 94 valence electrons. The Bertz CT molecular complexity index is 527. The van der Waals surface area contributed by atoms with Gasteiger partial charge in [0.2, 0.25) is 4.63 Å². The number of aliphatic hydroxyl groups excluding tert-OH is 2. The Balaban J connectivity index is 2.40. The molecule has 2 heterocycles. The maximum Gasteiger partial charge on any atom is 0.331 e. The molecule has 0 radical (unpaired) electrons. The number of aliphatic hydroxyl groups is 2. The molecule has 0 spiro atoms. The zero-order valence-corrected chi connectivity index (χ0v) is 10.3. The average Bonchev–Trinajstić information content (AvgIpc) is 2.54. The Hall–Kier alpha value is -0.960. The molecule has 1 saturated heterocycles. The molecule has 1 aliphatic heterocycles. The van der Waals surface area contributed by atoms with Crippen LogP contribution in [0.3, 0.4) is 0 Å². The van der Waals surface area contributed by atoms with E-state index in [0.717, 1.165) is 4.57 Å². The van der Waals surface area contributed by atoms with E-state index in [1.54, 1.807) is 0 Å². The van der Waals surface area contributed by atoms with Gasteiger partial charge in [0.15, 0.2) is 0 Å². The molecule has 3 atom stereocenters. The molecule has 17 heavy (non-hydrogen) atoms. The van der Waals surface area contributed by atoms with E-state index >= 15 is 0 Å². The number of aromatic amines is 1. The van der Waals surface area contributed by atoms with Gasteiger partial charge >= 0.3 is 5.69 Å². The second-order valence-corrected chi connectivity index (χ2v) is 5.02. The molecule has 1 aliphatic rings. The van der Waals surface area contributed by atoms with E-state index in [1.165, 1.54) is 12.3 Å². The van der Waals surface area contributed by atoms with E-state index < -0.39 is 28.1 Å². The number of hydrogen-bond acceptors (Lipinski definition) is 5. The lowest BCUT2D eigenvalue weighted by Gasteiger charge is -2.23. The van der Waals surface area contributed by atoms with Crippen LogP contribution in [0.5, 0.6) is 0 Å². The van der Waals surface area contributed by atoms with Crippen LogP contribution in [0.1, 0.15) is 6.42 Å². The maximum atomic E-state index is 11.6. The number of hydrogen-bond donors (Lipinski definition) is 3. The molecule has 7 nitrogen and oxygen atoms in total. The van der Waals surface area contributed by atoms with E-state index in [1.807, 2.05) is 0 Å². The minimum absolute atomic E-state index is 0.0875. The number of aromatic nitrogens is 2. The summed E-state index contributed by atoms with van der Waals surface area (Å²) < 4.78 is 5.24. The first-order chi connectivity index (χ1) is 7.96. The van der Waals surface area contributed by atoms with E-state index in [9.17, 15) is 14.7 Å². The third-order valence-corrected chi connectivity index (χ3v) is 3.48. The molecule has 2 rings (SSSR count). The van der Waals surface area contributed by atoms with Crippen LogP contribution >= 0.6 is 15.9 Å². The molecular weight excluding hydrogens is 296 g/mol. The van der Waals surface area contributed by atoms with Gasteiger partial charge in [-0.1, -0.05) is 0 Å². The van der Waals surface area contributed by atoms with Crippen LogP contribution in [0.4, 0.5) is 0 Å². The van der Waals surface area contributed by atoms with Crippen molar-refractivity contribution in [3.63, 3.8) is 0 Å². The molecule has 0 aromatic carbocycles. The van der Waals surface area contributed by atoms with Crippen LogP contribution in [0.25, 0.3) is 0 Å². The first kappa shape index (κ1) is 12.5. The maximum absolute atomic E-state index is 11.6. The van der Waals surface area contributed by atoms with Gasteiger partial charge in [-0.05, 0) is 15.9 Å². The summed E-state index contributed by atoms with van der Waals surface area (Å²) in [7, 11) is 0. The number of nitrogens with zero attached hydrogens (tertiary/aromatic N) is 1. The van der Waals surface area contributed by atoms with E-state index in [2.05, 4.69) is 20.9 Å². The number of nitrogens with one attached hydrogen (secondary N) is 1. The van der Waals surface area contributed by atoms with Gasteiger partial charge in [-0.3, -0.25) is 14.3 Å². The van der Waals surface area contributed by atoms with Gasteiger partial charge in [-0.2, -0.15) is 0 Å². The van der Waals surface area contributed by atoms with Crippen LogP contribution in [-0.2, 0) is 9.37 Å². The molecule has 0 saturated carbocycles. The largest absolute Gasteiger partial charge is 0.394 e. The Kier molecular flexibility index (Phi) is 3.21. The highest BCUT2D eigenvalue weighted by molar-refractivity contribution is 9.09. The van der Waals surface area contributed by atoms with Crippen molar-refractivity contribution in [3.8, 4) is 0 Å². The van der Waals surface area contributed by atoms with Crippen molar-refractivity contribution in [2.45, 2.75) is 23.3 Å². The summed E-state index contributed by atoms with van der Waals surface area (Å²) in [4.78, 5) is 24.6. The van der Waals surface area contributed by atoms with Gasteiger partial charge in [0.05, 0.1) is 12.7 Å². The minimum atomic E-state index is -1.25. The fourth-order valence-electron chi connectivity index (χ4n) is 1.74. The van der Waals surface area contributed by atoms with Crippen LogP contribution in [-0.4, -0.2) is 38.6 Å². The standard InChI is InChI=1S/C9H11BrN2O5/c10-9(3-5(14)6(4-13)17-9)12-2-1-7(15)11-8(12)16/h1-2,5-6,13-14H,3-4H2,(H,11,15,16)/t5-,6+,9?/m0/s1. The summed E-state index contributed by atoms with van der Waals surface area (Å²) >= 11 is 3.20. The van der Waals surface area contributed by atoms with Gasteiger partial charge in [-0.15, -0.1) is 0 Å². The van der Waals surface area contributed by atoms with Crippen LogP contribution in [0, 0.1) is 0 Å². The fraction of sp³-hybridized carbons (Fsp3) is 0.556. The molecule has 3 N–H and O–H groups in total. The number of halogens is 1. The Morgan fingerprint density at radius 2 is 2.35 bits per heavy atom. The van der Waals surface area contributed by atoms with Crippen molar-refractivity contribution in [2.24, 2.45) is 0 Å². The molecule has 1 unspecified atom stereocenters. The van der Waals surface area contributed by atoms with Crippen molar-refractivity contribution in [1.29, 1.82) is 0 Å². The lowest BCUT2D eigenvalue weighted by atomic mass is 10.2. The quantitative estimate of drug-likeness (QED) is 0.588. The number of rotatable bonds is 2. The molecule has 0 aliphatic carbocycles. The van der Waals surface area contributed by atoms with Crippen LogP contribution < -0.4 is 11.2 Å². The SMILES string of the molecule is O=c1ccn(C2(Br)C[C@H](O)[C@@H](CO)O2)c(=O)[nH]1. The summed E-state index contributed by atoms with van der Waals surface area (Å²) in [5.41, 5.74) is -1.17.